The van der Waals surface area contributed by atoms with Crippen molar-refractivity contribution >= 4 is 22.7 Å². The number of carbonyl (C=O) groups is 2. The van der Waals surface area contributed by atoms with Crippen LogP contribution in [0.25, 0.3) is 10.9 Å². The van der Waals surface area contributed by atoms with Gasteiger partial charge in [0.1, 0.15) is 11.7 Å². The van der Waals surface area contributed by atoms with Crippen LogP contribution >= 0.6 is 0 Å². The van der Waals surface area contributed by atoms with Crippen LogP contribution in [0.2, 0.25) is 0 Å². The van der Waals surface area contributed by atoms with E-state index in [1.165, 1.54) is 18.4 Å². The van der Waals surface area contributed by atoms with Gasteiger partial charge in [-0.25, -0.2) is 0 Å². The SMILES string of the molecule is CC(NC(=O)c1cc2c(C3CC3)cccc2[nH]1)C(N)=O. The van der Waals surface area contributed by atoms with Crippen LogP contribution in [0.3, 0.4) is 0 Å². The molecule has 1 aliphatic carbocycles. The number of H-pyrrole nitrogens is 1. The Bertz CT molecular complexity index is 685. The van der Waals surface area contributed by atoms with Crippen LogP contribution in [0.4, 0.5) is 0 Å². The van der Waals surface area contributed by atoms with Gasteiger partial charge in [-0.3, -0.25) is 9.59 Å². The van der Waals surface area contributed by atoms with Crippen molar-refractivity contribution in [1.82, 2.24) is 10.3 Å². The van der Waals surface area contributed by atoms with Crippen molar-refractivity contribution < 1.29 is 9.59 Å². The Labute approximate surface area is 116 Å². The van der Waals surface area contributed by atoms with Crippen molar-refractivity contribution in [3.05, 3.63) is 35.5 Å². The number of hydrogen-bond donors (Lipinski definition) is 3. The molecule has 3 rings (SSSR count). The van der Waals surface area contributed by atoms with Gasteiger partial charge in [0.25, 0.3) is 5.91 Å². The van der Waals surface area contributed by atoms with Crippen LogP contribution in [0.5, 0.6) is 0 Å². The Morgan fingerprint density at radius 2 is 2.15 bits per heavy atom. The van der Waals surface area contributed by atoms with Crippen LogP contribution < -0.4 is 11.1 Å². The van der Waals surface area contributed by atoms with E-state index in [0.717, 1.165) is 10.9 Å². The zero-order valence-electron chi connectivity index (χ0n) is 11.3. The maximum Gasteiger partial charge on any atom is 0.268 e. The van der Waals surface area contributed by atoms with Crippen LogP contribution in [-0.2, 0) is 4.79 Å². The van der Waals surface area contributed by atoms with Crippen molar-refractivity contribution in [3.8, 4) is 0 Å². The molecule has 0 bridgehead atoms. The van der Waals surface area contributed by atoms with Gasteiger partial charge in [0.05, 0.1) is 0 Å². The number of carbonyl (C=O) groups excluding carboxylic acids is 2. The molecule has 2 amide bonds. The van der Waals surface area contributed by atoms with Gasteiger partial charge in [-0.2, -0.15) is 0 Å². The number of amides is 2. The Morgan fingerprint density at radius 3 is 2.80 bits per heavy atom. The number of nitrogens with two attached hydrogens (primary N) is 1. The summed E-state index contributed by atoms with van der Waals surface area (Å²) in [5, 5.41) is 3.67. The Hall–Kier alpha value is -2.30. The molecular weight excluding hydrogens is 254 g/mol. The van der Waals surface area contributed by atoms with Crippen molar-refractivity contribution in [1.29, 1.82) is 0 Å². The molecule has 5 nitrogen and oxygen atoms in total. The molecular formula is C15H17N3O2. The molecule has 4 N–H and O–H groups in total. The van der Waals surface area contributed by atoms with Gasteiger partial charge < -0.3 is 16.0 Å². The summed E-state index contributed by atoms with van der Waals surface area (Å²) < 4.78 is 0. The lowest BCUT2D eigenvalue weighted by molar-refractivity contribution is -0.119. The zero-order valence-corrected chi connectivity index (χ0v) is 11.3. The second kappa shape index (κ2) is 4.67. The summed E-state index contributed by atoms with van der Waals surface area (Å²) >= 11 is 0. The molecule has 1 aromatic heterocycles. The van der Waals surface area contributed by atoms with E-state index < -0.39 is 11.9 Å². The predicted octanol–water partition coefficient (Wildman–Crippen LogP) is 1.65. The summed E-state index contributed by atoms with van der Waals surface area (Å²) in [6, 6.07) is 7.24. The molecule has 1 saturated carbocycles. The summed E-state index contributed by atoms with van der Waals surface area (Å²) in [4.78, 5) is 26.2. The van der Waals surface area contributed by atoms with Gasteiger partial charge in [0.15, 0.2) is 0 Å². The lowest BCUT2D eigenvalue weighted by Gasteiger charge is -2.08. The molecule has 0 saturated heterocycles. The maximum atomic E-state index is 12.1. The number of fused-ring (bicyclic) bond motifs is 1. The monoisotopic (exact) mass is 271 g/mol. The van der Waals surface area contributed by atoms with Crippen LogP contribution in [-0.4, -0.2) is 22.8 Å². The average molecular weight is 271 g/mol. The Kier molecular flexibility index (Phi) is 2.97. The van der Waals surface area contributed by atoms with E-state index >= 15 is 0 Å². The molecule has 1 unspecified atom stereocenters. The molecule has 2 aromatic rings. The van der Waals surface area contributed by atoms with Crippen LogP contribution in [0.15, 0.2) is 24.3 Å². The van der Waals surface area contributed by atoms with Gasteiger partial charge in [-0.05, 0) is 43.4 Å². The maximum absolute atomic E-state index is 12.1. The number of aromatic nitrogens is 1. The van der Waals surface area contributed by atoms with Crippen molar-refractivity contribution in [2.45, 2.75) is 31.7 Å². The number of aromatic amines is 1. The third kappa shape index (κ3) is 2.27. The summed E-state index contributed by atoms with van der Waals surface area (Å²) in [7, 11) is 0. The van der Waals surface area contributed by atoms with E-state index in [-0.39, 0.29) is 5.91 Å². The van der Waals surface area contributed by atoms with E-state index in [1.807, 2.05) is 18.2 Å². The third-order valence-corrected chi connectivity index (χ3v) is 3.73. The highest BCUT2D eigenvalue weighted by molar-refractivity contribution is 6.00. The van der Waals surface area contributed by atoms with Crippen molar-refractivity contribution in [3.63, 3.8) is 0 Å². The van der Waals surface area contributed by atoms with E-state index in [0.29, 0.717) is 11.6 Å². The van der Waals surface area contributed by atoms with E-state index in [9.17, 15) is 9.59 Å². The Balaban J connectivity index is 1.91. The minimum Gasteiger partial charge on any atom is -0.368 e. The van der Waals surface area contributed by atoms with Gasteiger partial charge in [0.2, 0.25) is 5.91 Å². The van der Waals surface area contributed by atoms with E-state index in [1.54, 1.807) is 6.92 Å². The lowest BCUT2D eigenvalue weighted by atomic mass is 10.1. The second-order valence-electron chi connectivity index (χ2n) is 5.36. The molecule has 0 radical (unpaired) electrons. The fraction of sp³-hybridized carbons (Fsp3) is 0.333. The topological polar surface area (TPSA) is 88.0 Å². The smallest absolute Gasteiger partial charge is 0.268 e. The molecule has 1 atom stereocenters. The normalized spacial score (nSPS) is 16.1. The number of hydrogen-bond acceptors (Lipinski definition) is 2. The van der Waals surface area contributed by atoms with Crippen LogP contribution in [0, 0.1) is 0 Å². The van der Waals surface area contributed by atoms with Crippen molar-refractivity contribution in [2.75, 3.05) is 0 Å². The summed E-state index contributed by atoms with van der Waals surface area (Å²) in [5.41, 5.74) is 7.85. The highest BCUT2D eigenvalue weighted by atomic mass is 16.2. The largest absolute Gasteiger partial charge is 0.368 e. The fourth-order valence-electron chi connectivity index (χ4n) is 2.40. The fourth-order valence-corrected chi connectivity index (χ4v) is 2.40. The lowest BCUT2D eigenvalue weighted by Crippen LogP contribution is -2.42. The molecule has 1 aliphatic rings. The quantitative estimate of drug-likeness (QED) is 0.789. The second-order valence-corrected chi connectivity index (χ2v) is 5.36. The number of primary amides is 1. The standard InChI is InChI=1S/C15H17N3O2/c1-8(14(16)19)17-15(20)13-7-11-10(9-5-6-9)3-2-4-12(11)18-13/h2-4,7-9,18H,5-6H2,1H3,(H2,16,19)(H,17,20). The van der Waals surface area contributed by atoms with Gasteiger partial charge in [-0.1, -0.05) is 12.1 Å². The Morgan fingerprint density at radius 1 is 1.40 bits per heavy atom. The molecule has 1 heterocycles. The first kappa shape index (κ1) is 12.7. The highest BCUT2D eigenvalue weighted by Gasteiger charge is 2.26. The minimum atomic E-state index is -0.684. The highest BCUT2D eigenvalue weighted by Crippen LogP contribution is 2.43. The van der Waals surface area contributed by atoms with Gasteiger partial charge in [0, 0.05) is 10.9 Å². The summed E-state index contributed by atoms with van der Waals surface area (Å²) in [6.45, 7) is 1.57. The van der Waals surface area contributed by atoms with Gasteiger partial charge >= 0.3 is 0 Å². The molecule has 5 heteroatoms. The first-order valence-corrected chi connectivity index (χ1v) is 6.78. The molecule has 1 fully saturated rings. The third-order valence-electron chi connectivity index (χ3n) is 3.73. The average Bonchev–Trinajstić information content (AvgIpc) is 3.15. The minimum absolute atomic E-state index is 0.311. The van der Waals surface area contributed by atoms with E-state index in [4.69, 9.17) is 5.73 Å². The summed E-state index contributed by atoms with van der Waals surface area (Å²) in [6.07, 6.45) is 2.43. The molecule has 0 aliphatic heterocycles. The first-order chi connectivity index (χ1) is 9.56. The predicted molar refractivity (Wildman–Crippen MR) is 76.4 cm³/mol. The number of nitrogens with one attached hydrogen (secondary N) is 2. The van der Waals surface area contributed by atoms with Crippen LogP contribution in [0.1, 0.15) is 41.7 Å². The number of rotatable bonds is 4. The molecule has 1 aromatic carbocycles. The van der Waals surface area contributed by atoms with E-state index in [2.05, 4.69) is 16.4 Å². The number of benzene rings is 1. The summed E-state index contributed by atoms with van der Waals surface area (Å²) in [5.74, 6) is -0.239. The molecule has 104 valence electrons. The first-order valence-electron chi connectivity index (χ1n) is 6.78. The zero-order chi connectivity index (χ0) is 14.3. The van der Waals surface area contributed by atoms with Gasteiger partial charge in [-0.15, -0.1) is 0 Å². The molecule has 20 heavy (non-hydrogen) atoms. The van der Waals surface area contributed by atoms with Crippen molar-refractivity contribution in [2.24, 2.45) is 5.73 Å². The molecule has 0 spiro atoms.